The van der Waals surface area contributed by atoms with Gasteiger partial charge in [-0.15, -0.1) is 0 Å². The lowest BCUT2D eigenvalue weighted by Crippen LogP contribution is -2.37. The number of methoxy groups -OCH3 is 3. The van der Waals surface area contributed by atoms with Crippen molar-refractivity contribution in [2.75, 3.05) is 80.5 Å². The first-order chi connectivity index (χ1) is 57.6. The highest BCUT2D eigenvalue weighted by Crippen LogP contribution is 2.58. The summed E-state index contributed by atoms with van der Waals surface area (Å²) in [6, 6.07) is 16.8. The molecule has 0 aromatic heterocycles. The van der Waals surface area contributed by atoms with Gasteiger partial charge in [0.25, 0.3) is 17.1 Å². The number of non-ortho nitro benzene ring substituents is 3. The van der Waals surface area contributed by atoms with Crippen LogP contribution in [0.25, 0.3) is 0 Å². The zero-order valence-electron chi connectivity index (χ0n) is 76.0. The SMILES string of the molecule is CC(C)(C)OP(=O)(OCCl)OC(C)(C)C.COCCOC(=O)C1=C(C)CC(C)=C(C(=O)OC(C)C)C1c1cccc([N+](=O)[O-])c1.COCCOC(=O)C1=C(C)N(COP(=O)(O)O)C(C)=C(C(=O)OC(C)C)C1c1cccc([N+](=O)[O-])c1.COCCOC(=O)C1=C(C)N(COP(=O)(OC(C)(C)C)OC(C)(C)C)C(C)=C(C(=O)OC(C)C)C1c1cccc([N+](=O)[O-])c1. The van der Waals surface area contributed by atoms with E-state index in [-0.39, 0.29) is 108 Å². The van der Waals surface area contributed by atoms with E-state index in [0.29, 0.717) is 40.1 Å². The van der Waals surface area contributed by atoms with Gasteiger partial charge in [-0.3, -0.25) is 62.0 Å². The molecule has 3 unspecified atom stereocenters. The summed E-state index contributed by atoms with van der Waals surface area (Å²) in [4.78, 5) is 134. The van der Waals surface area contributed by atoms with Gasteiger partial charge in [0.05, 0.1) is 109 Å². The Morgan fingerprint density at radius 2 is 0.664 bits per heavy atom. The summed E-state index contributed by atoms with van der Waals surface area (Å²) in [5, 5.41) is 34.4. The summed E-state index contributed by atoms with van der Waals surface area (Å²) in [6.07, 6.45) is -1.02. The van der Waals surface area contributed by atoms with Gasteiger partial charge in [-0.05, 0) is 189 Å². The number of nitro benzene ring substituents is 3. The molecule has 3 aliphatic rings. The second kappa shape index (κ2) is 48.4. The van der Waals surface area contributed by atoms with Crippen molar-refractivity contribution < 1.29 is 141 Å². The number of hydrogen-bond donors (Lipinski definition) is 2. The van der Waals surface area contributed by atoms with Crippen LogP contribution in [-0.4, -0.2) is 191 Å². The Labute approximate surface area is 734 Å². The summed E-state index contributed by atoms with van der Waals surface area (Å²) >= 11 is 5.39. The topological polar surface area (TPSA) is 478 Å². The Morgan fingerprint density at radius 3 is 0.920 bits per heavy atom. The summed E-state index contributed by atoms with van der Waals surface area (Å²) in [6.45, 7) is 39.8. The van der Waals surface area contributed by atoms with Gasteiger partial charge in [0.1, 0.15) is 39.3 Å². The number of phosphoric acid groups is 3. The van der Waals surface area contributed by atoms with Crippen molar-refractivity contribution >= 4 is 87.9 Å². The number of nitro groups is 3. The van der Waals surface area contributed by atoms with Crippen LogP contribution in [0.1, 0.15) is 207 Å². The Bertz CT molecular complexity index is 4650. The number of hydrogen-bond acceptors (Lipinski definition) is 33. The minimum absolute atomic E-state index is 0.00909. The van der Waals surface area contributed by atoms with Gasteiger partial charge in [0.2, 0.25) is 0 Å². The fraction of sp³-hybridized carbons (Fsp3) is 0.566. The molecular formula is C83H121ClN5O33P3. The maximum absolute atomic E-state index is 13.9. The van der Waals surface area contributed by atoms with E-state index in [4.69, 9.17) is 81.4 Å². The average Bonchev–Trinajstić information content (AvgIpc) is 0.751. The summed E-state index contributed by atoms with van der Waals surface area (Å²) in [5.74, 6) is -7.41. The number of nitrogens with zero attached hydrogens (tertiary/aromatic N) is 5. The van der Waals surface area contributed by atoms with Crippen LogP contribution in [-0.2, 0) is 117 Å². The van der Waals surface area contributed by atoms with Gasteiger partial charge in [-0.1, -0.05) is 59.1 Å². The first-order valence-corrected chi connectivity index (χ1v) is 44.3. The van der Waals surface area contributed by atoms with Gasteiger partial charge >= 0.3 is 59.3 Å². The molecule has 1 aliphatic carbocycles. The molecule has 0 bridgehead atoms. The highest BCUT2D eigenvalue weighted by atomic mass is 35.5. The van der Waals surface area contributed by atoms with Crippen LogP contribution < -0.4 is 0 Å². The number of carbonyl (C=O) groups excluding carboxylic acids is 6. The lowest BCUT2D eigenvalue weighted by molar-refractivity contribution is -0.385. The molecule has 3 atom stereocenters. The molecule has 3 aromatic rings. The van der Waals surface area contributed by atoms with Crippen molar-refractivity contribution in [3.05, 3.63) is 187 Å². The maximum Gasteiger partial charge on any atom is 0.477 e. The summed E-state index contributed by atoms with van der Waals surface area (Å²) in [7, 11) is -8.36. The lowest BCUT2D eigenvalue weighted by Gasteiger charge is -2.39. The largest absolute Gasteiger partial charge is 0.477 e. The third-order valence-corrected chi connectivity index (χ3v) is 21.6. The van der Waals surface area contributed by atoms with Crippen molar-refractivity contribution in [3.8, 4) is 0 Å². The molecule has 2 N–H and O–H groups in total. The molecule has 0 radical (unpaired) electrons. The van der Waals surface area contributed by atoms with Gasteiger partial charge in [0, 0.05) is 97.6 Å². The second-order valence-electron chi connectivity index (χ2n) is 33.0. The molecule has 0 saturated heterocycles. The summed E-state index contributed by atoms with van der Waals surface area (Å²) in [5.41, 5.74) is 0.252. The monoisotopic (exact) mass is 1840 g/mol. The Hall–Kier alpha value is -8.78. The highest BCUT2D eigenvalue weighted by molar-refractivity contribution is 7.49. The zero-order chi connectivity index (χ0) is 95.6. The smallest absolute Gasteiger partial charge is 0.460 e. The van der Waals surface area contributed by atoms with Crippen LogP contribution in [0.5, 0.6) is 0 Å². The standard InChI is InChI=1S/C30H45N2O11P.C22H29N2O11P.C22H27NO7.C9H20ClO4P/c1-19(2)41-28(34)25-21(4)31(18-40-44(37,42-29(5,6)7)43-30(8,9)10)20(3)24(27(33)39-16-15-38-11)26(25)22-13-12-14-23(17-22)32(35)36;1-13(2)35-22(26)19-15(4)23(12-34-36(29,30)31)14(3)18(21(25)33-10-9-32-5)20(19)16-7-6-8-17(11-16)24(27)28;1-13(2)30-22(25)19-15(4)11-14(3)18(21(24)29-10-9-28-5)20(19)16-7-6-8-17(12-16)23(26)27;1-8(2,3)13-15(11,12-7-10)14-9(4,5)6/h12-14,17,19,26H,15-16,18H2,1-11H3;6-8,11,13,20H,9-10,12H2,1-5H3,(H2,29,30,31);6-8,12-13,20H,9-11H2,1-5H3;7H2,1-6H3. The van der Waals surface area contributed by atoms with Crippen molar-refractivity contribution in [2.45, 2.75) is 231 Å². The molecule has 0 fully saturated rings. The van der Waals surface area contributed by atoms with E-state index < -0.39 is 140 Å². The van der Waals surface area contributed by atoms with Crippen LogP contribution in [0.4, 0.5) is 17.1 Å². The van der Waals surface area contributed by atoms with Crippen LogP contribution in [0.15, 0.2) is 140 Å². The maximum atomic E-state index is 13.9. The number of halogens is 1. The Morgan fingerprint density at radius 1 is 0.416 bits per heavy atom. The molecule has 3 aromatic carbocycles. The predicted octanol–water partition coefficient (Wildman–Crippen LogP) is 16.9. The van der Waals surface area contributed by atoms with Crippen LogP contribution in [0, 0.1) is 30.3 Å². The number of carbonyl (C=O) groups is 6. The molecular weight excluding hydrogens is 1720 g/mol. The van der Waals surface area contributed by atoms with Crippen molar-refractivity contribution in [2.24, 2.45) is 0 Å². The van der Waals surface area contributed by atoms with Gasteiger partial charge in [-0.25, -0.2) is 42.5 Å². The Balaban J connectivity index is 0.000000452. The van der Waals surface area contributed by atoms with Gasteiger partial charge < -0.3 is 62.2 Å². The summed E-state index contributed by atoms with van der Waals surface area (Å²) < 4.78 is 122. The fourth-order valence-corrected chi connectivity index (χ4v) is 16.4. The van der Waals surface area contributed by atoms with Crippen LogP contribution in [0.3, 0.4) is 0 Å². The second-order valence-corrected chi connectivity index (χ2v) is 37.5. The van der Waals surface area contributed by atoms with E-state index in [1.807, 2.05) is 0 Å². The zero-order valence-corrected chi connectivity index (χ0v) is 79.4. The molecule has 0 saturated carbocycles. The first kappa shape index (κ1) is 110. The number of allylic oxidation sites excluding steroid dienone is 6. The first-order valence-electron chi connectivity index (χ1n) is 39.3. The number of esters is 6. The molecule has 0 amide bonds. The number of alkyl halides is 1. The van der Waals surface area contributed by atoms with E-state index in [1.165, 1.54) is 106 Å². The molecule has 698 valence electrons. The van der Waals surface area contributed by atoms with E-state index in [2.05, 4.69) is 4.52 Å². The number of benzene rings is 3. The minimum Gasteiger partial charge on any atom is -0.460 e. The van der Waals surface area contributed by atoms with E-state index in [9.17, 15) is 82.6 Å². The molecule has 0 spiro atoms. The highest BCUT2D eigenvalue weighted by Gasteiger charge is 2.47. The lowest BCUT2D eigenvalue weighted by atomic mass is 9.75. The Kier molecular flexibility index (Phi) is 42.8. The predicted molar refractivity (Wildman–Crippen MR) is 459 cm³/mol. The minimum atomic E-state index is -4.92. The van der Waals surface area contributed by atoms with Gasteiger partial charge in [-0.2, -0.15) is 0 Å². The molecule has 2 aliphatic heterocycles. The quantitative estimate of drug-likeness (QED) is 0.0104. The normalized spacial score (nSPS) is 16.2. The number of ether oxygens (including phenoxy) is 9. The van der Waals surface area contributed by atoms with Crippen molar-refractivity contribution in [1.82, 2.24) is 9.80 Å². The van der Waals surface area contributed by atoms with E-state index in [0.717, 1.165) is 11.1 Å². The molecule has 38 nitrogen and oxygen atoms in total. The molecule has 6 rings (SSSR count). The van der Waals surface area contributed by atoms with E-state index in [1.54, 1.807) is 164 Å². The van der Waals surface area contributed by atoms with Crippen LogP contribution in [0.2, 0.25) is 0 Å². The van der Waals surface area contributed by atoms with Gasteiger partial charge in [0.15, 0.2) is 0 Å². The van der Waals surface area contributed by atoms with Crippen molar-refractivity contribution in [1.29, 1.82) is 0 Å². The van der Waals surface area contributed by atoms with Crippen LogP contribution >= 0.6 is 35.1 Å². The van der Waals surface area contributed by atoms with E-state index >= 15 is 0 Å². The fourth-order valence-electron chi connectivity index (χ4n) is 12.4. The number of phosphoric ester groups is 3. The third-order valence-electron chi connectivity index (χ3n) is 17.0. The van der Waals surface area contributed by atoms with Crippen molar-refractivity contribution in [3.63, 3.8) is 0 Å². The third kappa shape index (κ3) is 35.4. The number of rotatable bonds is 36. The molecule has 2 heterocycles. The molecule has 42 heteroatoms. The average molecular weight is 1850 g/mol. The molecule has 125 heavy (non-hydrogen) atoms.